The van der Waals surface area contributed by atoms with E-state index in [-0.39, 0.29) is 0 Å². The predicted octanol–water partition coefficient (Wildman–Crippen LogP) is 16.1. The Morgan fingerprint density at radius 1 is 0.391 bits per heavy atom. The normalized spacial score (nSPS) is 12.2. The second-order valence-electron chi connectivity index (χ2n) is 18.3. The molecule has 0 aliphatic carbocycles. The molecule has 0 aromatic heterocycles. The van der Waals surface area contributed by atoms with Gasteiger partial charge in [0.15, 0.2) is 0 Å². The maximum absolute atomic E-state index is 3.01. The van der Waals surface area contributed by atoms with Crippen molar-refractivity contribution in [3.63, 3.8) is 0 Å². The zero-order chi connectivity index (χ0) is 45.6. The van der Waals surface area contributed by atoms with Crippen LogP contribution in [0.1, 0.15) is 124 Å². The van der Waals surface area contributed by atoms with Gasteiger partial charge in [-0.15, -0.1) is 23.5 Å². The zero-order valence-corrected chi connectivity index (χ0v) is 46.6. The summed E-state index contributed by atoms with van der Waals surface area (Å²) in [6.45, 7) is 15.3. The molecule has 64 heavy (non-hydrogen) atoms. The van der Waals surface area contributed by atoms with Crippen LogP contribution in [0.3, 0.4) is 0 Å². The highest BCUT2D eigenvalue weighted by Gasteiger charge is 2.38. The molecule has 346 valence electrons. The van der Waals surface area contributed by atoms with Gasteiger partial charge in [-0.2, -0.15) is 0 Å². The molecule has 0 spiro atoms. The summed E-state index contributed by atoms with van der Waals surface area (Å²) in [4.78, 5) is 2.78. The summed E-state index contributed by atoms with van der Waals surface area (Å²) in [7, 11) is -5.25. The van der Waals surface area contributed by atoms with Gasteiger partial charge in [0.25, 0.3) is 0 Å². The number of rotatable bonds is 30. The van der Waals surface area contributed by atoms with Crippen LogP contribution in [0, 0.1) is 0 Å². The highest BCUT2D eigenvalue weighted by molar-refractivity contribution is 8.00. The molecule has 5 aromatic rings. The fraction of sp³-hybridized carbons (Fsp3) is 0.474. The Kier molecular flexibility index (Phi) is 23.5. The molecule has 5 aromatic carbocycles. The van der Waals surface area contributed by atoms with Crippen molar-refractivity contribution in [2.45, 2.75) is 171 Å². The number of nitrogens with zero attached hydrogens (tertiary/aromatic N) is 1. The monoisotopic (exact) mass is 963 g/mol. The molecule has 1 nitrogen and oxygen atoms in total. The molecule has 0 unspecified atom stereocenters. The van der Waals surface area contributed by atoms with E-state index in [1.807, 2.05) is 23.5 Å². The molecule has 0 aliphatic rings. The van der Waals surface area contributed by atoms with Crippen LogP contribution < -0.4 is 31.6 Å². The molecule has 0 aliphatic heterocycles. The maximum atomic E-state index is 3.01. The van der Waals surface area contributed by atoms with Gasteiger partial charge in [-0.25, -0.2) is 4.44 Å². The molecule has 0 bridgehead atoms. The van der Waals surface area contributed by atoms with Crippen LogP contribution in [-0.4, -0.2) is 33.1 Å². The Labute approximate surface area is 405 Å². The summed E-state index contributed by atoms with van der Waals surface area (Å²) >= 11 is 3.81. The third kappa shape index (κ3) is 14.1. The van der Waals surface area contributed by atoms with Gasteiger partial charge in [0.2, 0.25) is 0 Å². The molecule has 0 radical (unpaired) electrons. The van der Waals surface area contributed by atoms with E-state index in [0.29, 0.717) is 0 Å². The molecular weight excluding hydrogens is 881 g/mol. The van der Waals surface area contributed by atoms with Crippen LogP contribution in [-0.2, 0) is 6.54 Å². The largest absolute Gasteiger partial charge is 0.240 e. The van der Waals surface area contributed by atoms with Gasteiger partial charge in [-0.3, -0.25) is 0 Å². The van der Waals surface area contributed by atoms with Gasteiger partial charge in [0, 0.05) is 43.1 Å². The maximum Gasteiger partial charge on any atom is 0.0867 e. The summed E-state index contributed by atoms with van der Waals surface area (Å²) < 4.78 is 3.01. The van der Waals surface area contributed by atoms with Crippen molar-refractivity contribution < 1.29 is 0 Å². The van der Waals surface area contributed by atoms with Crippen LogP contribution in [0.2, 0.25) is 36.3 Å². The first-order valence-electron chi connectivity index (χ1n) is 25.3. The van der Waals surface area contributed by atoms with E-state index in [1.54, 1.807) is 10.4 Å². The van der Waals surface area contributed by atoms with Crippen molar-refractivity contribution in [2.24, 2.45) is 0 Å². The number of hydrogen-bond acceptors (Lipinski definition) is 3. The van der Waals surface area contributed by atoms with Gasteiger partial charge in [0.1, 0.15) is 0 Å². The Hall–Kier alpha value is -1.95. The highest BCUT2D eigenvalue weighted by atomic mass is 32.2. The van der Waals surface area contributed by atoms with Crippen LogP contribution in [0.4, 0.5) is 0 Å². The van der Waals surface area contributed by atoms with E-state index in [1.165, 1.54) is 150 Å². The Bertz CT molecular complexity index is 1880. The fourth-order valence-electron chi connectivity index (χ4n) is 10.0. The zero-order valence-electron chi connectivity index (χ0n) is 41.2. The quantitative estimate of drug-likeness (QED) is 0.0256. The van der Waals surface area contributed by atoms with Crippen molar-refractivity contribution in [1.82, 2.24) is 4.44 Å². The van der Waals surface area contributed by atoms with Crippen LogP contribution >= 0.6 is 39.7 Å². The van der Waals surface area contributed by atoms with Crippen LogP contribution in [0.15, 0.2) is 137 Å². The SMILES string of the molecule is CCCC[Si](CCCC)(CCCC)c1ccc(P(c2ccc([Si](CCCC)(CCCC)CCCC)cc2)N(Cc2ccccc2)P(c2ccccc2SC)c2ccccc2SC)cc1. The minimum Gasteiger partial charge on any atom is -0.240 e. The van der Waals surface area contributed by atoms with E-state index in [9.17, 15) is 0 Å². The summed E-state index contributed by atoms with van der Waals surface area (Å²) in [5.41, 5.74) is 1.38. The summed E-state index contributed by atoms with van der Waals surface area (Å²) in [6, 6.07) is 59.9. The van der Waals surface area contributed by atoms with E-state index in [0.717, 1.165) is 6.54 Å². The second kappa shape index (κ2) is 28.4. The summed E-state index contributed by atoms with van der Waals surface area (Å²) in [5.74, 6) is 0. The topological polar surface area (TPSA) is 3.24 Å². The van der Waals surface area contributed by atoms with Crippen LogP contribution in [0.5, 0.6) is 0 Å². The van der Waals surface area contributed by atoms with E-state index in [4.69, 9.17) is 0 Å². The Morgan fingerprint density at radius 2 is 0.719 bits per heavy atom. The minimum absolute atomic E-state index is 0.886. The minimum atomic E-state index is -1.68. The number of unbranched alkanes of at least 4 members (excludes halogenated alkanes) is 6. The smallest absolute Gasteiger partial charge is 0.0867 e. The van der Waals surface area contributed by atoms with Gasteiger partial charge in [-0.05, 0) is 40.8 Å². The molecular formula is C57H83NP2S2Si2. The second-order valence-corrected chi connectivity index (χ2v) is 33.8. The third-order valence-corrected chi connectivity index (χ3v) is 32.2. The predicted molar refractivity (Wildman–Crippen MR) is 303 cm³/mol. The molecule has 0 fully saturated rings. The van der Waals surface area contributed by atoms with E-state index < -0.39 is 32.3 Å². The molecule has 0 saturated heterocycles. The van der Waals surface area contributed by atoms with E-state index in [2.05, 4.69) is 186 Å². The highest BCUT2D eigenvalue weighted by Crippen LogP contribution is 2.57. The van der Waals surface area contributed by atoms with Gasteiger partial charge in [-0.1, -0.05) is 280 Å². The average Bonchev–Trinajstić information content (AvgIpc) is 3.35. The van der Waals surface area contributed by atoms with Gasteiger partial charge in [0.05, 0.1) is 16.1 Å². The molecule has 5 rings (SSSR count). The third-order valence-electron chi connectivity index (χ3n) is 13.8. The molecule has 0 amide bonds. The molecule has 7 heteroatoms. The first kappa shape index (κ1) is 53.0. The standard InChI is InChI=1S/C57H83NP2S2Si2/c1-9-15-42-63(43-16-10-2,44-17-11-3)52-38-34-50(35-39-52)59(51-36-40-53(41-37-51)64(45-18-12-4,46-19-13-5)47-20-14-6)58(48-49-28-22-21-23-29-49)60(54-30-24-26-32-56(54)61-7)55-31-25-27-33-57(55)62-8/h21-41H,9-20,42-48H2,1-8H3. The van der Waals surface area contributed by atoms with Crippen molar-refractivity contribution in [3.8, 4) is 0 Å². The molecule has 0 N–H and O–H groups in total. The summed E-state index contributed by atoms with van der Waals surface area (Å²) in [6.07, 6.45) is 20.4. The molecule has 0 atom stereocenters. The first-order chi connectivity index (χ1) is 31.4. The Morgan fingerprint density at radius 3 is 1.05 bits per heavy atom. The van der Waals surface area contributed by atoms with E-state index >= 15 is 0 Å². The lowest BCUT2D eigenvalue weighted by molar-refractivity contribution is 0.716. The van der Waals surface area contributed by atoms with Gasteiger partial charge >= 0.3 is 0 Å². The average molecular weight is 965 g/mol. The van der Waals surface area contributed by atoms with Crippen molar-refractivity contribution in [1.29, 1.82) is 0 Å². The lowest BCUT2D eigenvalue weighted by Crippen LogP contribution is -2.48. The lowest BCUT2D eigenvalue weighted by Gasteiger charge is -2.41. The first-order valence-corrected chi connectivity index (χ1v) is 35.5. The number of hydrogen-bond donors (Lipinski definition) is 0. The van der Waals surface area contributed by atoms with Crippen molar-refractivity contribution in [3.05, 3.63) is 133 Å². The number of benzene rings is 5. The van der Waals surface area contributed by atoms with Gasteiger partial charge < -0.3 is 0 Å². The molecule has 0 saturated carbocycles. The van der Waals surface area contributed by atoms with Crippen molar-refractivity contribution >= 4 is 87.4 Å². The lowest BCUT2D eigenvalue weighted by atomic mass is 10.2. The van der Waals surface area contributed by atoms with Crippen LogP contribution in [0.25, 0.3) is 0 Å². The van der Waals surface area contributed by atoms with Crippen molar-refractivity contribution in [2.75, 3.05) is 12.5 Å². The molecule has 0 heterocycles. The Balaban J connectivity index is 1.82. The fourth-order valence-corrected chi connectivity index (χ4v) is 29.2. The number of thioether (sulfide) groups is 2. The summed E-state index contributed by atoms with van der Waals surface area (Å²) in [5, 5.41) is 9.36.